The number of thiophene rings is 1. The van der Waals surface area contributed by atoms with E-state index >= 15 is 0 Å². The van der Waals surface area contributed by atoms with Crippen molar-refractivity contribution in [2.24, 2.45) is 0 Å². The van der Waals surface area contributed by atoms with Crippen LogP contribution in [0.5, 0.6) is 0 Å². The number of hydrogen-bond donors (Lipinski definition) is 1. The van der Waals surface area contributed by atoms with Gasteiger partial charge in [0.1, 0.15) is 10.6 Å². The summed E-state index contributed by atoms with van der Waals surface area (Å²) < 4.78 is 15.2. The lowest BCUT2D eigenvalue weighted by molar-refractivity contribution is -0.688. The fraction of sp³-hybridized carbons (Fsp3) is 0.0417. The topological polar surface area (TPSA) is 49.6 Å². The van der Waals surface area contributed by atoms with Gasteiger partial charge in [0.15, 0.2) is 18.2 Å². The van der Waals surface area contributed by atoms with Crippen LogP contribution in [-0.2, 0) is 6.54 Å². The van der Waals surface area contributed by atoms with Gasteiger partial charge in [-0.05, 0) is 29.3 Å². The number of nitrogens with zero attached hydrogens (tertiary/aromatic N) is 2. The van der Waals surface area contributed by atoms with Gasteiger partial charge in [-0.15, -0.1) is 11.3 Å². The van der Waals surface area contributed by atoms with Gasteiger partial charge in [-0.1, -0.05) is 42.5 Å². The summed E-state index contributed by atoms with van der Waals surface area (Å²) >= 11 is 1.42. The molecule has 0 atom stereocenters. The largest absolute Gasteiger partial charge is 0.305 e. The van der Waals surface area contributed by atoms with E-state index in [9.17, 15) is 9.18 Å². The van der Waals surface area contributed by atoms with Crippen LogP contribution >= 0.6 is 11.3 Å². The number of nitrogens with one attached hydrogen (secondary N) is 1. The predicted octanol–water partition coefficient (Wildman–Crippen LogP) is 4.79. The molecule has 0 saturated heterocycles. The van der Waals surface area contributed by atoms with Gasteiger partial charge in [-0.25, -0.2) is 9.37 Å². The molecular formula is C24H17FN3OS+. The number of H-pyrrole nitrogens is 1. The minimum Gasteiger partial charge on any atom is -0.305 e. The Bertz CT molecular complexity index is 1390. The molecule has 3 aromatic heterocycles. The van der Waals surface area contributed by atoms with E-state index in [0.29, 0.717) is 22.6 Å². The molecule has 1 N–H and O–H groups in total. The van der Waals surface area contributed by atoms with Crippen molar-refractivity contribution in [2.45, 2.75) is 6.54 Å². The second-order valence-corrected chi connectivity index (χ2v) is 7.84. The lowest BCUT2D eigenvalue weighted by atomic mass is 10.1. The van der Waals surface area contributed by atoms with Gasteiger partial charge >= 0.3 is 0 Å². The summed E-state index contributed by atoms with van der Waals surface area (Å²) in [5.74, 6) is 0.289. The SMILES string of the molecule is O=c1[nH]c(C[n+]2cccc(-c3ccccc3)c2)nc2scc(-c3ccc(F)cc3)c12. The van der Waals surface area contributed by atoms with Crippen LogP contribution in [0.25, 0.3) is 32.5 Å². The van der Waals surface area contributed by atoms with Crippen molar-refractivity contribution in [2.75, 3.05) is 0 Å². The molecule has 6 heteroatoms. The molecule has 2 aromatic carbocycles. The molecule has 0 aliphatic rings. The predicted molar refractivity (Wildman–Crippen MR) is 117 cm³/mol. The Morgan fingerprint density at radius 3 is 2.50 bits per heavy atom. The number of halogens is 1. The smallest absolute Gasteiger partial charge is 0.260 e. The molecule has 0 spiro atoms. The quantitative estimate of drug-likeness (QED) is 0.430. The second kappa shape index (κ2) is 7.65. The molecule has 5 aromatic rings. The molecule has 0 fully saturated rings. The minimum atomic E-state index is -0.303. The molecule has 146 valence electrons. The maximum absolute atomic E-state index is 13.2. The Kier molecular flexibility index (Phi) is 4.69. The van der Waals surface area contributed by atoms with Crippen molar-refractivity contribution >= 4 is 21.6 Å². The molecule has 0 amide bonds. The summed E-state index contributed by atoms with van der Waals surface area (Å²) in [6.45, 7) is 0.454. The van der Waals surface area contributed by atoms with E-state index in [1.165, 1.54) is 23.5 Å². The number of rotatable bonds is 4. The second-order valence-electron chi connectivity index (χ2n) is 6.98. The number of pyridine rings is 1. The first-order chi connectivity index (χ1) is 14.7. The highest BCUT2D eigenvalue weighted by atomic mass is 32.1. The van der Waals surface area contributed by atoms with Crippen LogP contribution in [0, 0.1) is 5.82 Å². The van der Waals surface area contributed by atoms with E-state index in [4.69, 9.17) is 0 Å². The molecule has 0 unspecified atom stereocenters. The molecule has 0 aliphatic heterocycles. The average molecular weight is 414 g/mol. The van der Waals surface area contributed by atoms with Crippen LogP contribution in [0.3, 0.4) is 0 Å². The highest BCUT2D eigenvalue weighted by Gasteiger charge is 2.15. The van der Waals surface area contributed by atoms with E-state index in [-0.39, 0.29) is 11.4 Å². The maximum Gasteiger partial charge on any atom is 0.260 e. The Labute approximate surface area is 175 Å². The van der Waals surface area contributed by atoms with E-state index in [2.05, 4.69) is 28.2 Å². The zero-order valence-electron chi connectivity index (χ0n) is 15.9. The number of benzene rings is 2. The third kappa shape index (κ3) is 3.53. The third-order valence-corrected chi connectivity index (χ3v) is 5.82. The van der Waals surface area contributed by atoms with E-state index in [1.807, 2.05) is 46.6 Å². The summed E-state index contributed by atoms with van der Waals surface area (Å²) in [7, 11) is 0. The average Bonchev–Trinajstić information content (AvgIpc) is 3.20. The molecule has 0 bridgehead atoms. The molecular weight excluding hydrogens is 397 g/mol. The van der Waals surface area contributed by atoms with Gasteiger partial charge in [0.25, 0.3) is 5.56 Å². The van der Waals surface area contributed by atoms with Gasteiger partial charge in [0.05, 0.1) is 5.39 Å². The molecule has 0 radical (unpaired) electrons. The first-order valence-corrected chi connectivity index (χ1v) is 10.4. The number of aromatic nitrogens is 3. The van der Waals surface area contributed by atoms with Crippen molar-refractivity contribution in [3.05, 3.63) is 106 Å². The molecule has 30 heavy (non-hydrogen) atoms. The Morgan fingerprint density at radius 1 is 0.933 bits per heavy atom. The first kappa shape index (κ1) is 18.4. The van der Waals surface area contributed by atoms with Crippen LogP contribution < -0.4 is 10.1 Å². The van der Waals surface area contributed by atoms with Gasteiger partial charge in [-0.2, -0.15) is 4.57 Å². The summed E-state index contributed by atoms with van der Waals surface area (Å²) in [6.07, 6.45) is 3.99. The lowest BCUT2D eigenvalue weighted by Crippen LogP contribution is -2.35. The van der Waals surface area contributed by atoms with Crippen LogP contribution in [-0.4, -0.2) is 9.97 Å². The Morgan fingerprint density at radius 2 is 1.70 bits per heavy atom. The number of fused-ring (bicyclic) bond motifs is 1. The monoisotopic (exact) mass is 414 g/mol. The summed E-state index contributed by atoms with van der Waals surface area (Å²) in [5.41, 5.74) is 3.61. The van der Waals surface area contributed by atoms with Crippen molar-refractivity contribution in [3.63, 3.8) is 0 Å². The van der Waals surface area contributed by atoms with E-state index in [1.54, 1.807) is 12.1 Å². The van der Waals surface area contributed by atoms with Gasteiger partial charge in [0.2, 0.25) is 6.54 Å². The van der Waals surface area contributed by atoms with E-state index in [0.717, 1.165) is 22.3 Å². The Balaban J connectivity index is 1.49. The van der Waals surface area contributed by atoms with Gasteiger partial charge in [0, 0.05) is 22.6 Å². The summed E-state index contributed by atoms with van der Waals surface area (Å²) in [6, 6.07) is 20.3. The van der Waals surface area contributed by atoms with Crippen molar-refractivity contribution < 1.29 is 8.96 Å². The Hall–Kier alpha value is -3.64. The van der Waals surface area contributed by atoms with Gasteiger partial charge in [-0.3, -0.25) is 4.79 Å². The standard InChI is InChI=1S/C24H16FN3OS/c25-19-10-8-17(9-11-19)20-15-30-24-22(20)23(29)26-21(27-24)14-28-12-4-7-18(13-28)16-5-2-1-3-6-16/h1-13,15H,14H2/p+1. The molecule has 5 rings (SSSR count). The van der Waals surface area contributed by atoms with Crippen molar-refractivity contribution in [1.82, 2.24) is 9.97 Å². The zero-order chi connectivity index (χ0) is 20.5. The number of aromatic amines is 1. The van der Waals surface area contributed by atoms with Crippen LogP contribution in [0.15, 0.2) is 89.3 Å². The zero-order valence-corrected chi connectivity index (χ0v) is 16.7. The van der Waals surface area contributed by atoms with Gasteiger partial charge < -0.3 is 4.98 Å². The fourth-order valence-corrected chi connectivity index (χ4v) is 4.47. The minimum absolute atomic E-state index is 0.185. The molecule has 3 heterocycles. The first-order valence-electron chi connectivity index (χ1n) is 9.48. The van der Waals surface area contributed by atoms with Crippen molar-refractivity contribution in [1.29, 1.82) is 0 Å². The van der Waals surface area contributed by atoms with Crippen LogP contribution in [0.1, 0.15) is 5.82 Å². The molecule has 4 nitrogen and oxygen atoms in total. The summed E-state index contributed by atoms with van der Waals surface area (Å²) in [4.78, 5) is 21.1. The summed E-state index contributed by atoms with van der Waals surface area (Å²) in [5, 5.41) is 2.44. The maximum atomic E-state index is 13.2. The highest BCUT2D eigenvalue weighted by molar-refractivity contribution is 7.17. The van der Waals surface area contributed by atoms with Crippen LogP contribution in [0.2, 0.25) is 0 Å². The molecule has 0 saturated carbocycles. The van der Waals surface area contributed by atoms with E-state index < -0.39 is 0 Å². The lowest BCUT2D eigenvalue weighted by Gasteiger charge is -2.03. The van der Waals surface area contributed by atoms with Crippen LogP contribution in [0.4, 0.5) is 4.39 Å². The normalized spacial score (nSPS) is 11.1. The number of hydrogen-bond acceptors (Lipinski definition) is 3. The highest BCUT2D eigenvalue weighted by Crippen LogP contribution is 2.30. The van der Waals surface area contributed by atoms with Crippen molar-refractivity contribution in [3.8, 4) is 22.3 Å². The fourth-order valence-electron chi connectivity index (χ4n) is 3.50. The molecule has 0 aliphatic carbocycles. The third-order valence-electron chi connectivity index (χ3n) is 4.95.